The number of anilines is 2. The van der Waals surface area contributed by atoms with Crippen molar-refractivity contribution in [1.29, 1.82) is 0 Å². The van der Waals surface area contributed by atoms with Gasteiger partial charge in [0, 0.05) is 22.7 Å². The molecule has 2 N–H and O–H groups in total. The van der Waals surface area contributed by atoms with E-state index in [0.717, 1.165) is 41.5 Å². The highest BCUT2D eigenvalue weighted by molar-refractivity contribution is 7.09. The minimum atomic E-state index is 0.142. The van der Waals surface area contributed by atoms with Crippen molar-refractivity contribution in [2.75, 3.05) is 10.6 Å². The Morgan fingerprint density at radius 1 is 1.30 bits per heavy atom. The maximum atomic E-state index is 11.6. The van der Waals surface area contributed by atoms with Crippen molar-refractivity contribution < 1.29 is 4.79 Å². The standard InChI is InChI=1S/C15H17N3OS/c1-10-17-14(9-20-10)8-16-12-4-6-13(7-5-12)18-15(19)11-2-3-11/h4-7,9,11,16H,2-3,8H2,1H3,(H,18,19). The summed E-state index contributed by atoms with van der Waals surface area (Å²) in [4.78, 5) is 16.0. The molecule has 1 amide bonds. The molecule has 20 heavy (non-hydrogen) atoms. The monoisotopic (exact) mass is 287 g/mol. The van der Waals surface area contributed by atoms with E-state index < -0.39 is 0 Å². The molecule has 104 valence electrons. The first-order valence-electron chi connectivity index (χ1n) is 6.76. The van der Waals surface area contributed by atoms with E-state index in [9.17, 15) is 4.79 Å². The molecule has 1 aliphatic rings. The smallest absolute Gasteiger partial charge is 0.227 e. The topological polar surface area (TPSA) is 54.0 Å². The molecule has 1 aromatic heterocycles. The lowest BCUT2D eigenvalue weighted by molar-refractivity contribution is -0.117. The van der Waals surface area contributed by atoms with Gasteiger partial charge in [0.05, 0.1) is 17.2 Å². The van der Waals surface area contributed by atoms with Gasteiger partial charge in [0.15, 0.2) is 0 Å². The van der Waals surface area contributed by atoms with Crippen LogP contribution in [0.2, 0.25) is 0 Å². The van der Waals surface area contributed by atoms with Gasteiger partial charge in [-0.2, -0.15) is 0 Å². The summed E-state index contributed by atoms with van der Waals surface area (Å²) < 4.78 is 0. The average Bonchev–Trinajstić information content (AvgIpc) is 3.22. The van der Waals surface area contributed by atoms with Gasteiger partial charge in [0.25, 0.3) is 0 Å². The maximum Gasteiger partial charge on any atom is 0.227 e. The highest BCUT2D eigenvalue weighted by Crippen LogP contribution is 2.30. The third-order valence-corrected chi connectivity index (χ3v) is 4.06. The Bertz CT molecular complexity index is 602. The Kier molecular flexibility index (Phi) is 3.69. The van der Waals surface area contributed by atoms with Gasteiger partial charge >= 0.3 is 0 Å². The summed E-state index contributed by atoms with van der Waals surface area (Å²) >= 11 is 1.66. The van der Waals surface area contributed by atoms with Gasteiger partial charge in [0.1, 0.15) is 0 Å². The van der Waals surface area contributed by atoms with Crippen LogP contribution in [0.1, 0.15) is 23.5 Å². The Labute approximate surface area is 122 Å². The van der Waals surface area contributed by atoms with Crippen molar-refractivity contribution in [3.8, 4) is 0 Å². The summed E-state index contributed by atoms with van der Waals surface area (Å²) in [6.07, 6.45) is 2.05. The number of hydrogen-bond acceptors (Lipinski definition) is 4. The van der Waals surface area contributed by atoms with E-state index in [-0.39, 0.29) is 11.8 Å². The average molecular weight is 287 g/mol. The number of hydrogen-bond donors (Lipinski definition) is 2. The zero-order chi connectivity index (χ0) is 13.9. The number of nitrogens with zero attached hydrogens (tertiary/aromatic N) is 1. The second kappa shape index (κ2) is 5.63. The Hall–Kier alpha value is -1.88. The summed E-state index contributed by atoms with van der Waals surface area (Å²) in [7, 11) is 0. The van der Waals surface area contributed by atoms with Gasteiger partial charge < -0.3 is 10.6 Å². The van der Waals surface area contributed by atoms with Crippen LogP contribution in [0.4, 0.5) is 11.4 Å². The van der Waals surface area contributed by atoms with Crippen LogP contribution in [0.3, 0.4) is 0 Å². The molecule has 1 fully saturated rings. The second-order valence-corrected chi connectivity index (χ2v) is 6.11. The van der Waals surface area contributed by atoms with Crippen molar-refractivity contribution in [1.82, 2.24) is 4.98 Å². The number of thiazole rings is 1. The lowest BCUT2D eigenvalue weighted by Gasteiger charge is -2.07. The molecule has 0 unspecified atom stereocenters. The lowest BCUT2D eigenvalue weighted by atomic mass is 10.2. The molecule has 3 rings (SSSR count). The third kappa shape index (κ3) is 3.36. The van der Waals surface area contributed by atoms with Gasteiger partial charge in [0.2, 0.25) is 5.91 Å². The first-order valence-corrected chi connectivity index (χ1v) is 7.64. The summed E-state index contributed by atoms with van der Waals surface area (Å²) in [6.45, 7) is 2.73. The zero-order valence-corrected chi connectivity index (χ0v) is 12.2. The van der Waals surface area contributed by atoms with Crippen LogP contribution in [0, 0.1) is 12.8 Å². The zero-order valence-electron chi connectivity index (χ0n) is 11.3. The second-order valence-electron chi connectivity index (χ2n) is 5.05. The Morgan fingerprint density at radius 3 is 2.60 bits per heavy atom. The van der Waals surface area contributed by atoms with E-state index in [1.807, 2.05) is 31.2 Å². The lowest BCUT2D eigenvalue weighted by Crippen LogP contribution is -2.13. The molecule has 4 nitrogen and oxygen atoms in total. The molecule has 1 heterocycles. The molecule has 2 aromatic rings. The van der Waals surface area contributed by atoms with Crippen LogP contribution in [-0.4, -0.2) is 10.9 Å². The Balaban J connectivity index is 1.54. The summed E-state index contributed by atoms with van der Waals surface area (Å²) in [5.74, 6) is 0.379. The molecule has 0 radical (unpaired) electrons. The molecule has 1 aliphatic carbocycles. The highest BCUT2D eigenvalue weighted by atomic mass is 32.1. The first kappa shape index (κ1) is 13.1. The number of carbonyl (C=O) groups is 1. The van der Waals surface area contributed by atoms with Crippen LogP contribution in [0.25, 0.3) is 0 Å². The number of rotatable bonds is 5. The number of benzene rings is 1. The SMILES string of the molecule is Cc1nc(CNc2ccc(NC(=O)C3CC3)cc2)cs1. The molecule has 0 atom stereocenters. The molecule has 0 bridgehead atoms. The van der Waals surface area contributed by atoms with E-state index in [4.69, 9.17) is 0 Å². The normalized spacial score (nSPS) is 14.1. The summed E-state index contributed by atoms with van der Waals surface area (Å²) in [5.41, 5.74) is 2.94. The summed E-state index contributed by atoms with van der Waals surface area (Å²) in [6, 6.07) is 7.80. The van der Waals surface area contributed by atoms with E-state index in [2.05, 4.69) is 21.0 Å². The predicted molar refractivity (Wildman–Crippen MR) is 82.0 cm³/mol. The van der Waals surface area contributed by atoms with Crippen molar-refractivity contribution >= 4 is 28.6 Å². The first-order chi connectivity index (χ1) is 9.70. The van der Waals surface area contributed by atoms with E-state index >= 15 is 0 Å². The van der Waals surface area contributed by atoms with E-state index in [0.29, 0.717) is 0 Å². The molecule has 1 saturated carbocycles. The molecule has 0 spiro atoms. The molecule has 1 aromatic carbocycles. The quantitative estimate of drug-likeness (QED) is 0.886. The van der Waals surface area contributed by atoms with Crippen LogP contribution in [-0.2, 0) is 11.3 Å². The minimum Gasteiger partial charge on any atom is -0.379 e. The highest BCUT2D eigenvalue weighted by Gasteiger charge is 2.29. The minimum absolute atomic E-state index is 0.142. The fraction of sp³-hybridized carbons (Fsp3) is 0.333. The molecule has 0 saturated heterocycles. The van der Waals surface area contributed by atoms with Crippen LogP contribution >= 0.6 is 11.3 Å². The predicted octanol–water partition coefficient (Wildman–Crippen LogP) is 3.41. The molecule has 5 heteroatoms. The van der Waals surface area contributed by atoms with Crippen molar-refractivity contribution in [3.05, 3.63) is 40.3 Å². The van der Waals surface area contributed by atoms with Gasteiger partial charge in [-0.1, -0.05) is 0 Å². The number of amides is 1. The van der Waals surface area contributed by atoms with Crippen molar-refractivity contribution in [3.63, 3.8) is 0 Å². The van der Waals surface area contributed by atoms with Gasteiger partial charge in [-0.15, -0.1) is 11.3 Å². The Morgan fingerprint density at radius 2 is 2.00 bits per heavy atom. The molecular weight excluding hydrogens is 270 g/mol. The number of carbonyl (C=O) groups excluding carboxylic acids is 1. The number of nitrogens with one attached hydrogen (secondary N) is 2. The van der Waals surface area contributed by atoms with E-state index in [1.54, 1.807) is 11.3 Å². The number of aromatic nitrogens is 1. The maximum absolute atomic E-state index is 11.6. The van der Waals surface area contributed by atoms with Gasteiger partial charge in [-0.3, -0.25) is 4.79 Å². The molecule has 0 aliphatic heterocycles. The van der Waals surface area contributed by atoms with Gasteiger partial charge in [-0.25, -0.2) is 4.98 Å². The largest absolute Gasteiger partial charge is 0.379 e. The van der Waals surface area contributed by atoms with Crippen LogP contribution in [0.15, 0.2) is 29.6 Å². The van der Waals surface area contributed by atoms with Crippen LogP contribution < -0.4 is 10.6 Å². The van der Waals surface area contributed by atoms with Crippen molar-refractivity contribution in [2.24, 2.45) is 5.92 Å². The number of aryl methyl sites for hydroxylation is 1. The van der Waals surface area contributed by atoms with E-state index in [1.165, 1.54) is 0 Å². The van der Waals surface area contributed by atoms with Crippen molar-refractivity contribution in [2.45, 2.75) is 26.3 Å². The third-order valence-electron chi connectivity index (χ3n) is 3.24. The summed E-state index contributed by atoms with van der Waals surface area (Å²) in [5, 5.41) is 9.40. The van der Waals surface area contributed by atoms with Gasteiger partial charge in [-0.05, 0) is 44.0 Å². The molecular formula is C15H17N3OS. The fourth-order valence-electron chi connectivity index (χ4n) is 1.94. The fourth-order valence-corrected chi connectivity index (χ4v) is 2.56. The van der Waals surface area contributed by atoms with Crippen LogP contribution in [0.5, 0.6) is 0 Å².